The number of rotatable bonds is 7. The van der Waals surface area contributed by atoms with Crippen molar-refractivity contribution in [2.24, 2.45) is 5.92 Å². The first-order chi connectivity index (χ1) is 9.01. The number of anilines is 1. The molecule has 1 rings (SSSR count). The Balaban J connectivity index is 2.98. The van der Waals surface area contributed by atoms with Crippen molar-refractivity contribution in [2.45, 2.75) is 32.9 Å². The minimum absolute atomic E-state index is 0.0951. The van der Waals surface area contributed by atoms with Gasteiger partial charge in [-0.3, -0.25) is 4.79 Å². The molecule has 1 atom stereocenters. The number of nitrogens with zero attached hydrogens (tertiary/aromatic N) is 2. The molecule has 0 aromatic carbocycles. The minimum Gasteiger partial charge on any atom is -0.396 e. The number of aliphatic hydroxyl groups excluding tert-OH is 1. The monoisotopic (exact) mass is 329 g/mol. The SMILES string of the molecule is C=CCn1ncc(NC(CCO)C(C)C)c(Br)c1=O. The van der Waals surface area contributed by atoms with E-state index in [9.17, 15) is 4.79 Å². The van der Waals surface area contributed by atoms with Crippen LogP contribution in [0.1, 0.15) is 20.3 Å². The molecular weight excluding hydrogens is 310 g/mol. The van der Waals surface area contributed by atoms with Crippen LogP contribution in [-0.4, -0.2) is 27.5 Å². The summed E-state index contributed by atoms with van der Waals surface area (Å²) in [6, 6.07) is 0.0951. The van der Waals surface area contributed by atoms with Crippen LogP contribution in [0.25, 0.3) is 0 Å². The predicted molar refractivity (Wildman–Crippen MR) is 80.3 cm³/mol. The van der Waals surface area contributed by atoms with Crippen molar-refractivity contribution in [1.29, 1.82) is 0 Å². The zero-order valence-corrected chi connectivity index (χ0v) is 12.9. The van der Waals surface area contributed by atoms with Gasteiger partial charge in [0.2, 0.25) is 0 Å². The van der Waals surface area contributed by atoms with Crippen LogP contribution in [0.4, 0.5) is 5.69 Å². The molecule has 0 saturated heterocycles. The van der Waals surface area contributed by atoms with Gasteiger partial charge in [-0.25, -0.2) is 4.68 Å². The van der Waals surface area contributed by atoms with Crippen LogP contribution in [0, 0.1) is 5.92 Å². The van der Waals surface area contributed by atoms with Crippen LogP contribution < -0.4 is 10.9 Å². The second-order valence-electron chi connectivity index (χ2n) is 4.66. The highest BCUT2D eigenvalue weighted by Crippen LogP contribution is 2.20. The second-order valence-corrected chi connectivity index (χ2v) is 5.45. The Kier molecular flexibility index (Phi) is 6.24. The highest BCUT2D eigenvalue weighted by atomic mass is 79.9. The van der Waals surface area contributed by atoms with Gasteiger partial charge in [0.25, 0.3) is 5.56 Å². The van der Waals surface area contributed by atoms with E-state index < -0.39 is 0 Å². The fourth-order valence-electron chi connectivity index (χ4n) is 1.73. The van der Waals surface area contributed by atoms with E-state index in [1.165, 1.54) is 4.68 Å². The lowest BCUT2D eigenvalue weighted by molar-refractivity contribution is 0.267. The van der Waals surface area contributed by atoms with E-state index in [2.05, 4.69) is 46.8 Å². The highest BCUT2D eigenvalue weighted by Gasteiger charge is 2.16. The lowest BCUT2D eigenvalue weighted by atomic mass is 10.0. The number of aliphatic hydroxyl groups is 1. The Morgan fingerprint density at radius 1 is 1.63 bits per heavy atom. The van der Waals surface area contributed by atoms with E-state index in [0.717, 1.165) is 0 Å². The standard InChI is InChI=1S/C13H20BrN3O2/c1-4-6-17-13(19)12(14)11(8-15-17)16-10(5-7-18)9(2)3/h4,8-10,16,18H,1,5-7H2,2-3H3. The van der Waals surface area contributed by atoms with E-state index >= 15 is 0 Å². The van der Waals surface area contributed by atoms with Crippen molar-refractivity contribution in [3.05, 3.63) is 33.7 Å². The molecule has 1 unspecified atom stereocenters. The molecule has 2 N–H and O–H groups in total. The van der Waals surface area contributed by atoms with Crippen molar-refractivity contribution < 1.29 is 5.11 Å². The molecule has 0 spiro atoms. The summed E-state index contributed by atoms with van der Waals surface area (Å²) < 4.78 is 1.78. The number of hydrogen-bond donors (Lipinski definition) is 2. The summed E-state index contributed by atoms with van der Waals surface area (Å²) in [6.07, 6.45) is 3.86. The van der Waals surface area contributed by atoms with Gasteiger partial charge in [-0.1, -0.05) is 19.9 Å². The first-order valence-electron chi connectivity index (χ1n) is 6.25. The van der Waals surface area contributed by atoms with Crippen molar-refractivity contribution >= 4 is 21.6 Å². The molecule has 0 aliphatic heterocycles. The molecule has 0 radical (unpaired) electrons. The molecule has 0 aliphatic rings. The number of hydrogen-bond acceptors (Lipinski definition) is 4. The van der Waals surface area contributed by atoms with Crippen LogP contribution >= 0.6 is 15.9 Å². The molecule has 1 heterocycles. The van der Waals surface area contributed by atoms with Gasteiger partial charge in [-0.05, 0) is 28.3 Å². The third kappa shape index (κ3) is 4.18. The Labute approximate surface area is 121 Å². The van der Waals surface area contributed by atoms with Crippen molar-refractivity contribution in [3.63, 3.8) is 0 Å². The quantitative estimate of drug-likeness (QED) is 0.751. The summed E-state index contributed by atoms with van der Waals surface area (Å²) in [5.41, 5.74) is 0.453. The van der Waals surface area contributed by atoms with Gasteiger partial charge in [0.1, 0.15) is 4.47 Å². The Morgan fingerprint density at radius 2 is 2.32 bits per heavy atom. The van der Waals surface area contributed by atoms with E-state index in [1.54, 1.807) is 12.3 Å². The van der Waals surface area contributed by atoms with Crippen molar-refractivity contribution in [1.82, 2.24) is 9.78 Å². The lowest BCUT2D eigenvalue weighted by Crippen LogP contribution is -2.30. The summed E-state index contributed by atoms with van der Waals surface area (Å²) in [6.45, 7) is 8.20. The van der Waals surface area contributed by atoms with E-state index in [0.29, 0.717) is 29.0 Å². The van der Waals surface area contributed by atoms with Gasteiger partial charge in [0.05, 0.1) is 18.4 Å². The maximum Gasteiger partial charge on any atom is 0.283 e. The molecule has 106 valence electrons. The smallest absolute Gasteiger partial charge is 0.283 e. The molecule has 0 bridgehead atoms. The van der Waals surface area contributed by atoms with Gasteiger partial charge in [0.15, 0.2) is 0 Å². The molecule has 6 heteroatoms. The fraction of sp³-hybridized carbons (Fsp3) is 0.538. The van der Waals surface area contributed by atoms with Gasteiger partial charge >= 0.3 is 0 Å². The van der Waals surface area contributed by atoms with Gasteiger partial charge in [-0.2, -0.15) is 5.10 Å². The highest BCUT2D eigenvalue weighted by molar-refractivity contribution is 9.10. The Morgan fingerprint density at radius 3 is 2.84 bits per heavy atom. The van der Waals surface area contributed by atoms with E-state index in [-0.39, 0.29) is 18.2 Å². The van der Waals surface area contributed by atoms with Crippen LogP contribution in [0.5, 0.6) is 0 Å². The number of aromatic nitrogens is 2. The molecule has 0 aliphatic carbocycles. The molecule has 1 aromatic rings. The number of nitrogens with one attached hydrogen (secondary N) is 1. The molecule has 1 aromatic heterocycles. The van der Waals surface area contributed by atoms with Crippen LogP contribution in [0.2, 0.25) is 0 Å². The van der Waals surface area contributed by atoms with E-state index in [1.807, 2.05) is 0 Å². The van der Waals surface area contributed by atoms with Gasteiger partial charge in [0, 0.05) is 12.6 Å². The lowest BCUT2D eigenvalue weighted by Gasteiger charge is -2.23. The fourth-order valence-corrected chi connectivity index (χ4v) is 2.15. The Bertz CT molecular complexity index is 485. The summed E-state index contributed by atoms with van der Waals surface area (Å²) in [4.78, 5) is 12.0. The minimum atomic E-state index is -0.198. The van der Waals surface area contributed by atoms with Crippen LogP contribution in [0.15, 0.2) is 28.1 Å². The third-order valence-corrected chi connectivity index (χ3v) is 3.64. The third-order valence-electron chi connectivity index (χ3n) is 2.87. The number of halogens is 1. The zero-order valence-electron chi connectivity index (χ0n) is 11.3. The van der Waals surface area contributed by atoms with Crippen LogP contribution in [-0.2, 0) is 6.54 Å². The summed E-state index contributed by atoms with van der Waals surface area (Å²) in [7, 11) is 0. The van der Waals surface area contributed by atoms with Gasteiger partial charge < -0.3 is 10.4 Å². The number of allylic oxidation sites excluding steroid dienone is 1. The first-order valence-corrected chi connectivity index (χ1v) is 7.04. The van der Waals surface area contributed by atoms with Gasteiger partial charge in [-0.15, -0.1) is 6.58 Å². The molecule has 0 amide bonds. The van der Waals surface area contributed by atoms with Crippen molar-refractivity contribution in [2.75, 3.05) is 11.9 Å². The Hall–Kier alpha value is -1.14. The normalized spacial score (nSPS) is 12.5. The maximum atomic E-state index is 12.0. The largest absolute Gasteiger partial charge is 0.396 e. The second kappa shape index (κ2) is 7.45. The molecule has 5 nitrogen and oxygen atoms in total. The molecular formula is C13H20BrN3O2. The topological polar surface area (TPSA) is 67.2 Å². The van der Waals surface area contributed by atoms with Crippen LogP contribution in [0.3, 0.4) is 0 Å². The zero-order chi connectivity index (χ0) is 14.4. The average molecular weight is 330 g/mol. The predicted octanol–water partition coefficient (Wildman–Crippen LogP) is 2.01. The van der Waals surface area contributed by atoms with Crippen molar-refractivity contribution in [3.8, 4) is 0 Å². The summed E-state index contributed by atoms with van der Waals surface area (Å²) in [5, 5.41) is 16.4. The average Bonchev–Trinajstić information content (AvgIpc) is 2.37. The summed E-state index contributed by atoms with van der Waals surface area (Å²) >= 11 is 3.30. The maximum absolute atomic E-state index is 12.0. The first kappa shape index (κ1) is 15.9. The molecule has 0 saturated carbocycles. The molecule has 19 heavy (non-hydrogen) atoms. The summed E-state index contributed by atoms with van der Waals surface area (Å²) in [5.74, 6) is 0.342. The molecule has 0 fully saturated rings. The van der Waals surface area contributed by atoms with E-state index in [4.69, 9.17) is 5.11 Å².